The molecular formula is C31H48N4O2. The molecule has 3 aliphatic rings. The fourth-order valence-corrected chi connectivity index (χ4v) is 4.94. The maximum absolute atomic E-state index is 6.23. The van der Waals surface area contributed by atoms with E-state index in [1.807, 2.05) is 39.2 Å². The van der Waals surface area contributed by atoms with Gasteiger partial charge in [-0.2, -0.15) is 0 Å². The van der Waals surface area contributed by atoms with Gasteiger partial charge in [0, 0.05) is 63.8 Å². The van der Waals surface area contributed by atoms with Crippen LogP contribution in [0, 0.1) is 0 Å². The average molecular weight is 509 g/mol. The Morgan fingerprint density at radius 3 is 2.49 bits per heavy atom. The van der Waals surface area contributed by atoms with E-state index in [-0.39, 0.29) is 5.54 Å². The number of methoxy groups -OCH3 is 1. The first-order valence-electron chi connectivity index (χ1n) is 13.8. The van der Waals surface area contributed by atoms with Crippen LogP contribution in [0.4, 0.5) is 5.69 Å². The van der Waals surface area contributed by atoms with Crippen molar-refractivity contribution >= 4 is 5.69 Å². The molecule has 1 saturated heterocycles. The molecule has 6 heteroatoms. The van der Waals surface area contributed by atoms with Gasteiger partial charge in [-0.25, -0.2) is 0 Å². The molecule has 1 N–H and O–H groups in total. The van der Waals surface area contributed by atoms with Gasteiger partial charge in [0.05, 0.1) is 12.8 Å². The van der Waals surface area contributed by atoms with Gasteiger partial charge in [0.2, 0.25) is 0 Å². The number of hydrogen-bond donors (Lipinski definition) is 1. The number of para-hydroxylation sites is 2. The first kappa shape index (κ1) is 28.9. The predicted molar refractivity (Wildman–Crippen MR) is 156 cm³/mol. The summed E-state index contributed by atoms with van der Waals surface area (Å²) in [6.45, 7) is 17.7. The number of benzene rings is 1. The minimum atomic E-state index is 0.0965. The zero-order valence-corrected chi connectivity index (χ0v) is 24.1. The van der Waals surface area contributed by atoms with E-state index in [4.69, 9.17) is 9.47 Å². The molecule has 0 saturated carbocycles. The van der Waals surface area contributed by atoms with E-state index >= 15 is 0 Å². The van der Waals surface area contributed by atoms with Gasteiger partial charge >= 0.3 is 0 Å². The monoisotopic (exact) mass is 508 g/mol. The topological polar surface area (TPSA) is 40.2 Å². The quantitative estimate of drug-likeness (QED) is 0.520. The van der Waals surface area contributed by atoms with Crippen molar-refractivity contribution in [2.75, 3.05) is 65.1 Å². The maximum atomic E-state index is 6.23. The van der Waals surface area contributed by atoms with Crippen LogP contribution < -0.4 is 15.0 Å². The highest BCUT2D eigenvalue weighted by Crippen LogP contribution is 2.36. The van der Waals surface area contributed by atoms with Crippen LogP contribution in [0.1, 0.15) is 47.5 Å². The van der Waals surface area contributed by atoms with Crippen molar-refractivity contribution in [1.29, 1.82) is 0 Å². The molecule has 0 atom stereocenters. The lowest BCUT2D eigenvalue weighted by molar-refractivity contribution is -0.000662. The van der Waals surface area contributed by atoms with E-state index in [9.17, 15) is 0 Å². The molecule has 6 nitrogen and oxygen atoms in total. The van der Waals surface area contributed by atoms with Crippen LogP contribution in [0.5, 0.6) is 5.75 Å². The number of ether oxygens (including phenoxy) is 2. The highest BCUT2D eigenvalue weighted by atomic mass is 16.5. The molecule has 0 bridgehead atoms. The Bertz CT molecular complexity index is 995. The van der Waals surface area contributed by atoms with E-state index in [2.05, 4.69) is 71.1 Å². The van der Waals surface area contributed by atoms with Crippen molar-refractivity contribution in [1.82, 2.24) is 15.1 Å². The molecule has 1 aliphatic carbocycles. The predicted octanol–water partition coefficient (Wildman–Crippen LogP) is 5.57. The van der Waals surface area contributed by atoms with E-state index < -0.39 is 0 Å². The second-order valence-corrected chi connectivity index (χ2v) is 10.5. The Labute approximate surface area is 225 Å². The third-order valence-corrected chi connectivity index (χ3v) is 7.23. The number of nitrogens with one attached hydrogen (secondary N) is 1. The molecular weight excluding hydrogens is 460 g/mol. The Kier molecular flexibility index (Phi) is 10.7. The fourth-order valence-electron chi connectivity index (χ4n) is 4.94. The van der Waals surface area contributed by atoms with Crippen molar-refractivity contribution in [2.24, 2.45) is 0 Å². The van der Waals surface area contributed by atoms with Crippen molar-refractivity contribution in [3.63, 3.8) is 0 Å². The zero-order chi connectivity index (χ0) is 26.8. The summed E-state index contributed by atoms with van der Waals surface area (Å²) < 4.78 is 11.8. The molecule has 0 spiro atoms. The Morgan fingerprint density at radius 2 is 1.81 bits per heavy atom. The molecule has 1 aromatic rings. The van der Waals surface area contributed by atoms with Crippen LogP contribution in [0.25, 0.3) is 0 Å². The molecule has 2 aliphatic heterocycles. The third-order valence-electron chi connectivity index (χ3n) is 7.23. The van der Waals surface area contributed by atoms with Crippen LogP contribution in [0.15, 0.2) is 71.2 Å². The molecule has 204 valence electrons. The van der Waals surface area contributed by atoms with Gasteiger partial charge in [0.1, 0.15) is 18.2 Å². The fraction of sp³-hybridized carbons (Fsp3) is 0.548. The lowest BCUT2D eigenvalue weighted by Gasteiger charge is -2.41. The standard InChI is InChI=1S/C29H42N4O2.C2H6/c1-29(2,3)33-21-25-19-24(23(9-8-13-30-4)20-28(25)35-22-33)12-14-31-15-17-32(18-16-31)26-10-6-7-11-27(26)34-5;1-2/h6-11,13,19,30H,12,14-18,20-22H2,1-5H3;1-2H3/b13-8-,23-9+;. The summed E-state index contributed by atoms with van der Waals surface area (Å²) in [5, 5.41) is 3.09. The number of anilines is 1. The molecule has 4 rings (SSSR count). The molecule has 1 aromatic carbocycles. The molecule has 0 aromatic heterocycles. The summed E-state index contributed by atoms with van der Waals surface area (Å²) >= 11 is 0. The smallest absolute Gasteiger partial charge is 0.142 e. The van der Waals surface area contributed by atoms with Gasteiger partial charge in [0.25, 0.3) is 0 Å². The Balaban J connectivity index is 0.00000186. The van der Waals surface area contributed by atoms with Gasteiger partial charge < -0.3 is 19.7 Å². The second-order valence-electron chi connectivity index (χ2n) is 10.5. The summed E-state index contributed by atoms with van der Waals surface area (Å²) in [4.78, 5) is 7.45. The van der Waals surface area contributed by atoms with E-state index in [1.165, 1.54) is 22.4 Å². The second kappa shape index (κ2) is 13.7. The number of hydrogen-bond acceptors (Lipinski definition) is 6. The van der Waals surface area contributed by atoms with Gasteiger partial charge in [-0.15, -0.1) is 0 Å². The number of nitrogens with zero attached hydrogens (tertiary/aromatic N) is 3. The summed E-state index contributed by atoms with van der Waals surface area (Å²) in [5.74, 6) is 2.10. The first-order valence-corrected chi connectivity index (χ1v) is 13.8. The highest BCUT2D eigenvalue weighted by molar-refractivity contribution is 5.58. The molecule has 37 heavy (non-hydrogen) atoms. The molecule has 1 fully saturated rings. The summed E-state index contributed by atoms with van der Waals surface area (Å²) in [7, 11) is 3.69. The minimum Gasteiger partial charge on any atom is -0.495 e. The number of piperazine rings is 1. The Hall–Kier alpha value is -2.70. The van der Waals surface area contributed by atoms with Crippen LogP contribution in [0.2, 0.25) is 0 Å². The molecule has 0 amide bonds. The van der Waals surface area contributed by atoms with Crippen molar-refractivity contribution < 1.29 is 9.47 Å². The molecule has 0 radical (unpaired) electrons. The highest BCUT2D eigenvalue weighted by Gasteiger charge is 2.30. The van der Waals surface area contributed by atoms with Crippen LogP contribution in [0.3, 0.4) is 0 Å². The average Bonchev–Trinajstić information content (AvgIpc) is 2.92. The van der Waals surface area contributed by atoms with Gasteiger partial charge in [-0.05, 0) is 62.7 Å². The van der Waals surface area contributed by atoms with Crippen LogP contribution >= 0.6 is 0 Å². The molecule has 0 unspecified atom stereocenters. The van der Waals surface area contributed by atoms with Gasteiger partial charge in [0.15, 0.2) is 0 Å². The Morgan fingerprint density at radius 1 is 1.08 bits per heavy atom. The van der Waals surface area contributed by atoms with Crippen LogP contribution in [-0.2, 0) is 4.74 Å². The number of allylic oxidation sites excluding steroid dienone is 3. The zero-order valence-electron chi connectivity index (χ0n) is 24.1. The minimum absolute atomic E-state index is 0.0965. The normalized spacial score (nSPS) is 20.2. The van der Waals surface area contributed by atoms with Gasteiger partial charge in [-0.1, -0.05) is 38.1 Å². The van der Waals surface area contributed by atoms with E-state index in [0.29, 0.717) is 6.73 Å². The van der Waals surface area contributed by atoms with E-state index in [0.717, 1.165) is 63.6 Å². The maximum Gasteiger partial charge on any atom is 0.142 e. The largest absolute Gasteiger partial charge is 0.495 e. The van der Waals surface area contributed by atoms with Crippen LogP contribution in [-0.4, -0.2) is 75.5 Å². The van der Waals surface area contributed by atoms with Crippen molar-refractivity contribution in [3.05, 3.63) is 71.2 Å². The summed E-state index contributed by atoms with van der Waals surface area (Å²) in [6.07, 6.45) is 10.7. The summed E-state index contributed by atoms with van der Waals surface area (Å²) in [6, 6.07) is 8.34. The van der Waals surface area contributed by atoms with Crippen molar-refractivity contribution in [3.8, 4) is 5.75 Å². The number of rotatable bonds is 7. The lowest BCUT2D eigenvalue weighted by atomic mass is 9.88. The molecule has 2 heterocycles. The summed E-state index contributed by atoms with van der Waals surface area (Å²) in [5.41, 5.74) is 5.45. The first-order chi connectivity index (χ1) is 17.9. The van der Waals surface area contributed by atoms with Crippen molar-refractivity contribution in [2.45, 2.75) is 53.0 Å². The third kappa shape index (κ3) is 7.65. The van der Waals surface area contributed by atoms with E-state index in [1.54, 1.807) is 7.11 Å². The lowest BCUT2D eigenvalue weighted by Crippen LogP contribution is -2.47. The van der Waals surface area contributed by atoms with Gasteiger partial charge in [-0.3, -0.25) is 9.80 Å². The SMILES string of the molecule is CC.CN/C=C\C=C1/CC2=C(C=C1CCN1CCN(c3ccccc3OC)CC1)CN(C(C)(C)C)CO2.